The Morgan fingerprint density at radius 3 is 2.50 bits per heavy atom. The number of aromatic nitrogens is 1. The third kappa shape index (κ3) is 4.15. The Kier molecular flexibility index (Phi) is 5.19. The number of quaternary nitrogens is 1. The Morgan fingerprint density at radius 1 is 1.04 bits per heavy atom. The molecule has 24 heavy (non-hydrogen) atoms. The SMILES string of the molecule is C[NH+](Cc1ccc(Cl)c(Cl)c1)Cc1ncc(-c2ccc(F)cc2)o1. The van der Waals surface area contributed by atoms with Crippen LogP contribution in [0.3, 0.4) is 0 Å². The van der Waals surface area contributed by atoms with E-state index < -0.39 is 0 Å². The van der Waals surface area contributed by atoms with Gasteiger partial charge in [-0.2, -0.15) is 0 Å². The van der Waals surface area contributed by atoms with Crippen LogP contribution in [0, 0.1) is 5.82 Å². The first-order chi connectivity index (χ1) is 11.5. The standard InChI is InChI=1S/C18H15Cl2FN2O/c1-23(10-12-2-7-15(19)16(20)8-12)11-18-22-9-17(24-18)13-3-5-14(21)6-4-13/h2-9H,10-11H2,1H3/p+1. The predicted molar refractivity (Wildman–Crippen MR) is 92.7 cm³/mol. The molecule has 1 atom stereocenters. The molecule has 6 heteroatoms. The first kappa shape index (κ1) is 17.0. The van der Waals surface area contributed by atoms with E-state index in [0.29, 0.717) is 28.2 Å². The Balaban J connectivity index is 1.65. The highest BCUT2D eigenvalue weighted by atomic mass is 35.5. The molecule has 0 aliphatic heterocycles. The summed E-state index contributed by atoms with van der Waals surface area (Å²) >= 11 is 12.0. The van der Waals surface area contributed by atoms with Crippen LogP contribution >= 0.6 is 23.2 Å². The highest BCUT2D eigenvalue weighted by Crippen LogP contribution is 2.22. The second-order valence-corrected chi connectivity index (χ2v) is 6.50. The van der Waals surface area contributed by atoms with Crippen molar-refractivity contribution in [2.75, 3.05) is 7.05 Å². The lowest BCUT2D eigenvalue weighted by atomic mass is 10.2. The topological polar surface area (TPSA) is 30.5 Å². The van der Waals surface area contributed by atoms with Gasteiger partial charge < -0.3 is 9.32 Å². The molecule has 0 saturated heterocycles. The maximum atomic E-state index is 13.0. The molecule has 0 amide bonds. The van der Waals surface area contributed by atoms with Crippen LogP contribution in [-0.4, -0.2) is 12.0 Å². The number of nitrogens with zero attached hydrogens (tertiary/aromatic N) is 1. The summed E-state index contributed by atoms with van der Waals surface area (Å²) in [5, 5.41) is 1.10. The van der Waals surface area contributed by atoms with E-state index in [9.17, 15) is 4.39 Å². The zero-order valence-electron chi connectivity index (χ0n) is 13.0. The van der Waals surface area contributed by atoms with Gasteiger partial charge in [0.25, 0.3) is 5.89 Å². The Bertz CT molecular complexity index is 833. The minimum Gasteiger partial charge on any atom is -0.435 e. The van der Waals surface area contributed by atoms with E-state index in [1.165, 1.54) is 17.0 Å². The summed E-state index contributed by atoms with van der Waals surface area (Å²) in [6.45, 7) is 1.40. The lowest BCUT2D eigenvalue weighted by Crippen LogP contribution is -3.06. The van der Waals surface area contributed by atoms with Crippen LogP contribution in [0.15, 0.2) is 53.1 Å². The smallest absolute Gasteiger partial charge is 0.250 e. The molecule has 3 nitrogen and oxygen atoms in total. The monoisotopic (exact) mass is 365 g/mol. The molecular formula is C18H16Cl2FN2O+. The Labute approximate surface area is 149 Å². The first-order valence-corrected chi connectivity index (χ1v) is 8.23. The predicted octanol–water partition coefficient (Wildman–Crippen LogP) is 4.00. The van der Waals surface area contributed by atoms with E-state index in [1.807, 2.05) is 19.2 Å². The summed E-state index contributed by atoms with van der Waals surface area (Å²) < 4.78 is 18.7. The lowest BCUT2D eigenvalue weighted by molar-refractivity contribution is -0.909. The van der Waals surface area contributed by atoms with Gasteiger partial charge in [-0.1, -0.05) is 29.3 Å². The van der Waals surface area contributed by atoms with Crippen LogP contribution in [0.4, 0.5) is 4.39 Å². The average Bonchev–Trinajstić information content (AvgIpc) is 3.00. The molecule has 0 radical (unpaired) electrons. The molecule has 0 bridgehead atoms. The van der Waals surface area contributed by atoms with Gasteiger partial charge in [0.05, 0.1) is 23.3 Å². The zero-order valence-corrected chi connectivity index (χ0v) is 14.5. The molecule has 1 N–H and O–H groups in total. The van der Waals surface area contributed by atoms with E-state index >= 15 is 0 Å². The third-order valence-electron chi connectivity index (χ3n) is 3.63. The first-order valence-electron chi connectivity index (χ1n) is 7.47. The average molecular weight is 366 g/mol. The molecule has 3 rings (SSSR count). The second kappa shape index (κ2) is 7.34. The van der Waals surface area contributed by atoms with Crippen LogP contribution in [0.2, 0.25) is 10.0 Å². The number of nitrogens with one attached hydrogen (secondary N) is 1. The van der Waals surface area contributed by atoms with Crippen molar-refractivity contribution >= 4 is 23.2 Å². The molecule has 124 valence electrons. The zero-order chi connectivity index (χ0) is 17.1. The molecule has 3 aromatic rings. The molecule has 0 aliphatic carbocycles. The molecule has 2 aromatic carbocycles. The molecular weight excluding hydrogens is 350 g/mol. The normalized spacial score (nSPS) is 12.3. The maximum absolute atomic E-state index is 13.0. The highest BCUT2D eigenvalue weighted by molar-refractivity contribution is 6.42. The minimum absolute atomic E-state index is 0.274. The van der Waals surface area contributed by atoms with Gasteiger partial charge in [-0.25, -0.2) is 9.37 Å². The minimum atomic E-state index is -0.274. The number of oxazole rings is 1. The summed E-state index contributed by atoms with van der Waals surface area (Å²) in [5.41, 5.74) is 1.89. The fourth-order valence-corrected chi connectivity index (χ4v) is 2.78. The summed E-state index contributed by atoms with van der Waals surface area (Å²) in [6.07, 6.45) is 1.66. The second-order valence-electron chi connectivity index (χ2n) is 5.68. The third-order valence-corrected chi connectivity index (χ3v) is 4.36. The number of hydrogen-bond acceptors (Lipinski definition) is 2. The van der Waals surface area contributed by atoms with E-state index in [4.69, 9.17) is 27.6 Å². The molecule has 0 saturated carbocycles. The number of hydrogen-bond donors (Lipinski definition) is 1. The van der Waals surface area contributed by atoms with E-state index in [-0.39, 0.29) is 5.82 Å². The summed E-state index contributed by atoms with van der Waals surface area (Å²) in [7, 11) is 2.05. The fraction of sp³-hybridized carbons (Fsp3) is 0.167. The molecule has 1 unspecified atom stereocenters. The Morgan fingerprint density at radius 2 is 1.79 bits per heavy atom. The van der Waals surface area contributed by atoms with Gasteiger partial charge in [0, 0.05) is 11.1 Å². The highest BCUT2D eigenvalue weighted by Gasteiger charge is 2.12. The van der Waals surface area contributed by atoms with Gasteiger partial charge in [-0.15, -0.1) is 0 Å². The van der Waals surface area contributed by atoms with Crippen molar-refractivity contribution in [2.24, 2.45) is 0 Å². The lowest BCUT2D eigenvalue weighted by Gasteiger charge is -2.12. The Hall–Kier alpha value is -1.88. The van der Waals surface area contributed by atoms with Crippen molar-refractivity contribution in [3.05, 3.63) is 76.0 Å². The van der Waals surface area contributed by atoms with Crippen molar-refractivity contribution < 1.29 is 13.7 Å². The summed E-state index contributed by atoms with van der Waals surface area (Å²) in [4.78, 5) is 5.50. The molecule has 0 spiro atoms. The molecule has 1 heterocycles. The fourth-order valence-electron chi connectivity index (χ4n) is 2.46. The van der Waals surface area contributed by atoms with E-state index in [2.05, 4.69) is 4.98 Å². The number of halogens is 3. The van der Waals surface area contributed by atoms with Gasteiger partial charge in [-0.3, -0.25) is 0 Å². The summed E-state index contributed by atoms with van der Waals surface area (Å²) in [5.74, 6) is 0.989. The quantitative estimate of drug-likeness (QED) is 0.740. The maximum Gasteiger partial charge on any atom is 0.250 e. The van der Waals surface area contributed by atoms with Gasteiger partial charge in [0.2, 0.25) is 0 Å². The van der Waals surface area contributed by atoms with Crippen molar-refractivity contribution in [1.82, 2.24) is 4.98 Å². The molecule has 0 fully saturated rings. The largest absolute Gasteiger partial charge is 0.435 e. The van der Waals surface area contributed by atoms with Crippen molar-refractivity contribution in [2.45, 2.75) is 13.1 Å². The van der Waals surface area contributed by atoms with E-state index in [0.717, 1.165) is 17.7 Å². The van der Waals surface area contributed by atoms with Crippen molar-refractivity contribution in [3.63, 3.8) is 0 Å². The van der Waals surface area contributed by atoms with Crippen molar-refractivity contribution in [3.8, 4) is 11.3 Å². The summed E-state index contributed by atoms with van der Waals surface area (Å²) in [6, 6.07) is 11.8. The van der Waals surface area contributed by atoms with Crippen LogP contribution in [0.5, 0.6) is 0 Å². The van der Waals surface area contributed by atoms with Crippen molar-refractivity contribution in [1.29, 1.82) is 0 Å². The molecule has 0 aliphatic rings. The van der Waals surface area contributed by atoms with Crippen LogP contribution < -0.4 is 4.90 Å². The number of benzene rings is 2. The van der Waals surface area contributed by atoms with Gasteiger partial charge in [-0.05, 0) is 36.4 Å². The number of rotatable bonds is 5. The van der Waals surface area contributed by atoms with Crippen LogP contribution in [0.1, 0.15) is 11.5 Å². The molecule has 1 aromatic heterocycles. The van der Waals surface area contributed by atoms with Crippen LogP contribution in [-0.2, 0) is 13.1 Å². The van der Waals surface area contributed by atoms with Gasteiger partial charge in [0.15, 0.2) is 12.3 Å². The van der Waals surface area contributed by atoms with Gasteiger partial charge in [0.1, 0.15) is 12.4 Å². The van der Waals surface area contributed by atoms with E-state index in [1.54, 1.807) is 24.4 Å². The van der Waals surface area contributed by atoms with Gasteiger partial charge >= 0.3 is 0 Å². The van der Waals surface area contributed by atoms with Crippen LogP contribution in [0.25, 0.3) is 11.3 Å².